The molecule has 0 aliphatic heterocycles. The summed E-state index contributed by atoms with van der Waals surface area (Å²) in [5.41, 5.74) is 4.24. The van der Waals surface area contributed by atoms with E-state index in [1.165, 1.54) is 5.56 Å². The Hall–Kier alpha value is -3.84. The van der Waals surface area contributed by atoms with E-state index in [9.17, 15) is 14.7 Å². The molecule has 3 aromatic rings. The average Bonchev–Trinajstić information content (AvgIpc) is 3.03. The topological polar surface area (TPSA) is 96.9 Å². The molecule has 1 atom stereocenters. The molecular weight excluding hydrogens is 588 g/mol. The van der Waals surface area contributed by atoms with Crippen LogP contribution in [-0.2, 0) is 25.8 Å². The number of carbonyl (C=O) groups is 2. The van der Waals surface area contributed by atoms with E-state index in [0.29, 0.717) is 29.3 Å². The van der Waals surface area contributed by atoms with Gasteiger partial charge in [-0.1, -0.05) is 99.9 Å². The van der Waals surface area contributed by atoms with Crippen LogP contribution < -0.4 is 20.1 Å². The fourth-order valence-electron chi connectivity index (χ4n) is 5.11. The van der Waals surface area contributed by atoms with Crippen LogP contribution in [0.3, 0.4) is 0 Å². The summed E-state index contributed by atoms with van der Waals surface area (Å²) in [4.78, 5) is 25.9. The predicted octanol–water partition coefficient (Wildman–Crippen LogP) is 9.66. The highest BCUT2D eigenvalue weighted by Gasteiger charge is 2.29. The van der Waals surface area contributed by atoms with Gasteiger partial charge in [-0.3, -0.25) is 9.59 Å². The van der Waals surface area contributed by atoms with Gasteiger partial charge in [0.15, 0.2) is 11.9 Å². The van der Waals surface area contributed by atoms with E-state index < -0.39 is 18.6 Å². The van der Waals surface area contributed by atoms with E-state index in [1.807, 2.05) is 30.3 Å². The normalized spacial score (nSPS) is 12.7. The number of aliphatic hydroxyl groups is 1. The van der Waals surface area contributed by atoms with Crippen LogP contribution in [0.1, 0.15) is 118 Å². The first-order valence-electron chi connectivity index (χ1n) is 17.0. The van der Waals surface area contributed by atoms with Crippen LogP contribution in [0.25, 0.3) is 0 Å². The lowest BCUT2D eigenvalue weighted by molar-refractivity contribution is -0.123. The largest absolute Gasteiger partial charge is 0.480 e. The van der Waals surface area contributed by atoms with Gasteiger partial charge in [0, 0.05) is 17.3 Å². The van der Waals surface area contributed by atoms with Crippen LogP contribution in [0.15, 0.2) is 60.7 Å². The molecule has 3 aromatic carbocycles. The Morgan fingerprint density at radius 1 is 0.766 bits per heavy atom. The van der Waals surface area contributed by atoms with Gasteiger partial charge in [0.25, 0.3) is 5.91 Å². The number of amides is 2. The Morgan fingerprint density at radius 2 is 1.40 bits per heavy atom. The monoisotopic (exact) mass is 644 g/mol. The third kappa shape index (κ3) is 10.1. The Labute approximate surface area is 282 Å². The van der Waals surface area contributed by atoms with Gasteiger partial charge in [-0.15, -0.1) is 0 Å². The maximum absolute atomic E-state index is 14.0. The molecule has 3 N–H and O–H groups in total. The number of benzene rings is 3. The second kappa shape index (κ2) is 15.8. The van der Waals surface area contributed by atoms with E-state index in [2.05, 4.69) is 92.0 Å². The number of nitrogens with one attached hydrogen (secondary N) is 2. The van der Waals surface area contributed by atoms with Crippen LogP contribution in [0.5, 0.6) is 17.2 Å². The Balaban J connectivity index is 1.99. The molecular formula is C40H56N2O5. The molecule has 0 aromatic heterocycles. The van der Waals surface area contributed by atoms with Crippen LogP contribution in [0, 0.1) is 0 Å². The molecule has 2 amide bonds. The highest BCUT2D eigenvalue weighted by atomic mass is 16.5. The van der Waals surface area contributed by atoms with Crippen molar-refractivity contribution in [3.8, 4) is 17.2 Å². The molecule has 0 saturated carbocycles. The van der Waals surface area contributed by atoms with Crippen molar-refractivity contribution in [1.29, 1.82) is 0 Å². The first kappa shape index (κ1) is 37.6. The molecule has 1 unspecified atom stereocenters. The molecule has 0 saturated heterocycles. The summed E-state index contributed by atoms with van der Waals surface area (Å²) in [7, 11) is 0. The summed E-state index contributed by atoms with van der Waals surface area (Å²) in [6, 6.07) is 19.2. The summed E-state index contributed by atoms with van der Waals surface area (Å²) in [5.74, 6) is 0.831. The lowest BCUT2D eigenvalue weighted by atomic mass is 9.76. The quantitative estimate of drug-likeness (QED) is 0.153. The second-order valence-electron chi connectivity index (χ2n) is 14.7. The molecule has 0 spiro atoms. The van der Waals surface area contributed by atoms with Gasteiger partial charge in [-0.05, 0) is 83.4 Å². The number of ether oxygens (including phenoxy) is 2. The van der Waals surface area contributed by atoms with Crippen molar-refractivity contribution in [2.24, 2.45) is 0 Å². The maximum Gasteiger partial charge on any atom is 0.265 e. The summed E-state index contributed by atoms with van der Waals surface area (Å²) in [6.07, 6.45) is 3.48. The molecule has 0 aliphatic carbocycles. The maximum atomic E-state index is 14.0. The Morgan fingerprint density at radius 3 is 1.98 bits per heavy atom. The second-order valence-corrected chi connectivity index (χ2v) is 14.7. The van der Waals surface area contributed by atoms with E-state index in [1.54, 1.807) is 18.2 Å². The number of unbranched alkanes of at least 4 members (excludes halogenated alkanes) is 1. The van der Waals surface area contributed by atoms with Crippen molar-refractivity contribution in [3.63, 3.8) is 0 Å². The minimum absolute atomic E-state index is 0.0155. The zero-order valence-corrected chi connectivity index (χ0v) is 30.2. The van der Waals surface area contributed by atoms with Crippen molar-refractivity contribution in [3.05, 3.63) is 77.4 Å². The lowest BCUT2D eigenvalue weighted by Gasteiger charge is -2.31. The molecule has 0 bridgehead atoms. The predicted molar refractivity (Wildman–Crippen MR) is 193 cm³/mol. The zero-order valence-electron chi connectivity index (χ0n) is 30.2. The molecule has 0 radical (unpaired) electrons. The van der Waals surface area contributed by atoms with E-state index >= 15 is 0 Å². The van der Waals surface area contributed by atoms with Gasteiger partial charge in [0.05, 0.1) is 5.69 Å². The van der Waals surface area contributed by atoms with Crippen LogP contribution in [-0.4, -0.2) is 29.6 Å². The highest BCUT2D eigenvalue weighted by Crippen LogP contribution is 2.40. The average molecular weight is 645 g/mol. The van der Waals surface area contributed by atoms with Crippen molar-refractivity contribution < 1.29 is 24.2 Å². The fourth-order valence-corrected chi connectivity index (χ4v) is 5.11. The number of hydrogen-bond acceptors (Lipinski definition) is 5. The minimum Gasteiger partial charge on any atom is -0.480 e. The van der Waals surface area contributed by atoms with E-state index in [0.717, 1.165) is 42.6 Å². The third-order valence-electron chi connectivity index (χ3n) is 9.25. The van der Waals surface area contributed by atoms with Gasteiger partial charge in [0.2, 0.25) is 5.91 Å². The van der Waals surface area contributed by atoms with Crippen molar-refractivity contribution >= 4 is 23.2 Å². The van der Waals surface area contributed by atoms with Crippen LogP contribution in [0.2, 0.25) is 0 Å². The first-order valence-corrected chi connectivity index (χ1v) is 17.0. The Kier molecular flexibility index (Phi) is 12.7. The van der Waals surface area contributed by atoms with Gasteiger partial charge in [-0.2, -0.15) is 0 Å². The lowest BCUT2D eigenvalue weighted by Crippen LogP contribution is -2.34. The van der Waals surface area contributed by atoms with E-state index in [4.69, 9.17) is 9.47 Å². The summed E-state index contributed by atoms with van der Waals surface area (Å²) < 4.78 is 12.9. The molecule has 0 heterocycles. The number of anilines is 2. The Bertz CT molecular complexity index is 1500. The fraction of sp³-hybridized carbons (Fsp3) is 0.500. The zero-order chi connectivity index (χ0) is 35.0. The number of hydrogen-bond donors (Lipinski definition) is 3. The molecule has 0 aliphatic rings. The third-order valence-corrected chi connectivity index (χ3v) is 9.25. The number of aliphatic hydroxyl groups excluding tert-OH is 1. The van der Waals surface area contributed by atoms with Gasteiger partial charge in [-0.25, -0.2) is 0 Å². The van der Waals surface area contributed by atoms with Crippen molar-refractivity contribution in [2.45, 2.75) is 124 Å². The summed E-state index contributed by atoms with van der Waals surface area (Å²) in [6.45, 7) is 21.2. The highest BCUT2D eigenvalue weighted by molar-refractivity contribution is 5.97. The van der Waals surface area contributed by atoms with Crippen molar-refractivity contribution in [2.75, 3.05) is 17.2 Å². The van der Waals surface area contributed by atoms with E-state index in [-0.39, 0.29) is 22.2 Å². The summed E-state index contributed by atoms with van der Waals surface area (Å²) >= 11 is 0. The molecule has 7 nitrogen and oxygen atoms in total. The standard InChI is InChI=1S/C40H56N2O5/c1-11-14-15-34(47-33-23-18-28(39(7,8)12-2)24-31(33)40(9,10)13-3)37(45)42-32-22-19-29(41-36(44)26-43)25-35(32)46-30-20-16-27(17-21-30)38(4,5)6/h16-25,34,43H,11-15,26H2,1-10H3,(H,41,44)(H,42,45). The van der Waals surface area contributed by atoms with Gasteiger partial charge < -0.3 is 25.2 Å². The first-order chi connectivity index (χ1) is 22.0. The minimum atomic E-state index is -0.737. The molecule has 47 heavy (non-hydrogen) atoms. The molecule has 0 fully saturated rings. The molecule has 256 valence electrons. The molecule has 3 rings (SSSR count). The van der Waals surface area contributed by atoms with Crippen molar-refractivity contribution in [1.82, 2.24) is 0 Å². The summed E-state index contributed by atoms with van der Waals surface area (Å²) in [5, 5.41) is 15.0. The number of carbonyl (C=O) groups excluding carboxylic acids is 2. The number of rotatable bonds is 15. The van der Waals surface area contributed by atoms with Crippen LogP contribution >= 0.6 is 0 Å². The smallest absolute Gasteiger partial charge is 0.265 e. The van der Waals surface area contributed by atoms with Gasteiger partial charge in [0.1, 0.15) is 18.1 Å². The van der Waals surface area contributed by atoms with Gasteiger partial charge >= 0.3 is 0 Å². The SMILES string of the molecule is CCCCC(Oc1ccc(C(C)(C)CC)cc1C(C)(C)CC)C(=O)Nc1ccc(NC(=O)CO)cc1Oc1ccc(C(C)(C)C)cc1. The van der Waals surface area contributed by atoms with Crippen LogP contribution in [0.4, 0.5) is 11.4 Å². The molecule has 7 heteroatoms.